The van der Waals surface area contributed by atoms with Crippen LogP contribution in [0, 0.1) is 0 Å². The molecule has 1 heterocycles. The zero-order chi connectivity index (χ0) is 12.1. The fourth-order valence-corrected chi connectivity index (χ4v) is 1.51. The van der Waals surface area contributed by atoms with Gasteiger partial charge in [0.1, 0.15) is 0 Å². The van der Waals surface area contributed by atoms with Crippen molar-refractivity contribution in [2.45, 2.75) is 32.4 Å². The molecule has 1 rings (SSSR count). The first-order valence-electron chi connectivity index (χ1n) is 5.24. The summed E-state index contributed by atoms with van der Waals surface area (Å²) in [6.45, 7) is 3.77. The number of amides is 1. The van der Waals surface area contributed by atoms with E-state index >= 15 is 0 Å². The quantitative estimate of drug-likeness (QED) is 0.682. The van der Waals surface area contributed by atoms with Gasteiger partial charge in [0.2, 0.25) is 5.56 Å². The topological polar surface area (TPSA) is 88.0 Å². The highest BCUT2D eigenvalue weighted by Gasteiger charge is 2.11. The van der Waals surface area contributed by atoms with Gasteiger partial charge >= 0.3 is 0 Å². The molecule has 88 valence electrons. The van der Waals surface area contributed by atoms with Gasteiger partial charge in [-0.2, -0.15) is 0 Å². The van der Waals surface area contributed by atoms with E-state index in [-0.39, 0.29) is 23.6 Å². The normalized spacial score (nSPS) is 14.2. The van der Waals surface area contributed by atoms with Gasteiger partial charge in [0, 0.05) is 29.9 Å². The molecule has 0 saturated carbocycles. The minimum Gasteiger partial charge on any atom is -0.350 e. The van der Waals surface area contributed by atoms with Crippen LogP contribution in [0.1, 0.15) is 30.6 Å². The summed E-state index contributed by atoms with van der Waals surface area (Å²) in [4.78, 5) is 25.1. The van der Waals surface area contributed by atoms with Crippen LogP contribution in [-0.4, -0.2) is 23.0 Å². The Hall–Kier alpha value is -1.62. The largest absolute Gasteiger partial charge is 0.350 e. The van der Waals surface area contributed by atoms with Gasteiger partial charge in [0.15, 0.2) is 0 Å². The predicted molar refractivity (Wildman–Crippen MR) is 62.3 cm³/mol. The van der Waals surface area contributed by atoms with Gasteiger partial charge < -0.3 is 16.0 Å². The van der Waals surface area contributed by atoms with Crippen LogP contribution in [0.5, 0.6) is 0 Å². The van der Waals surface area contributed by atoms with Gasteiger partial charge in [0.25, 0.3) is 5.91 Å². The third-order valence-corrected chi connectivity index (χ3v) is 2.14. The smallest absolute Gasteiger partial charge is 0.251 e. The van der Waals surface area contributed by atoms with E-state index in [1.165, 1.54) is 12.3 Å². The molecule has 0 aliphatic heterocycles. The number of carbonyl (C=O) groups excluding carboxylic acids is 1. The number of pyridine rings is 1. The molecule has 1 aromatic heterocycles. The van der Waals surface area contributed by atoms with Crippen LogP contribution < -0.4 is 16.6 Å². The summed E-state index contributed by atoms with van der Waals surface area (Å²) >= 11 is 0. The molecule has 0 aliphatic rings. The van der Waals surface area contributed by atoms with Gasteiger partial charge in [-0.15, -0.1) is 0 Å². The van der Waals surface area contributed by atoms with Crippen molar-refractivity contribution in [1.29, 1.82) is 0 Å². The second kappa shape index (κ2) is 5.46. The predicted octanol–water partition coefficient (Wildman–Crippen LogP) is 0.231. The van der Waals surface area contributed by atoms with E-state index < -0.39 is 0 Å². The highest BCUT2D eigenvalue weighted by molar-refractivity contribution is 5.94. The van der Waals surface area contributed by atoms with Crippen LogP contribution in [0.15, 0.2) is 23.1 Å². The Morgan fingerprint density at radius 2 is 2.25 bits per heavy atom. The Bertz CT molecular complexity index is 412. The van der Waals surface area contributed by atoms with E-state index in [1.807, 2.05) is 13.8 Å². The second-order valence-electron chi connectivity index (χ2n) is 4.03. The Kier molecular flexibility index (Phi) is 4.25. The zero-order valence-corrected chi connectivity index (χ0v) is 9.49. The summed E-state index contributed by atoms with van der Waals surface area (Å²) < 4.78 is 0. The van der Waals surface area contributed by atoms with Crippen LogP contribution in [-0.2, 0) is 0 Å². The van der Waals surface area contributed by atoms with E-state index in [9.17, 15) is 9.59 Å². The molecule has 2 atom stereocenters. The number of nitrogens with two attached hydrogens (primary N) is 1. The van der Waals surface area contributed by atoms with Crippen molar-refractivity contribution in [3.8, 4) is 0 Å². The molecule has 0 aliphatic carbocycles. The standard InChI is InChI=1S/C11H17N3O2/c1-7(12)5-8(2)14-11(16)9-3-4-13-10(15)6-9/h3-4,6-8H,5,12H2,1-2H3,(H,13,15)(H,14,16). The lowest BCUT2D eigenvalue weighted by atomic mass is 10.1. The monoisotopic (exact) mass is 223 g/mol. The number of rotatable bonds is 4. The Balaban J connectivity index is 2.62. The molecular formula is C11H17N3O2. The Morgan fingerprint density at radius 3 is 2.81 bits per heavy atom. The molecule has 0 spiro atoms. The average molecular weight is 223 g/mol. The highest BCUT2D eigenvalue weighted by Crippen LogP contribution is 1.98. The first-order valence-corrected chi connectivity index (χ1v) is 5.24. The van der Waals surface area contributed by atoms with E-state index in [0.29, 0.717) is 12.0 Å². The SMILES string of the molecule is CC(N)CC(C)NC(=O)c1cc[nH]c(=O)c1. The molecule has 0 saturated heterocycles. The van der Waals surface area contributed by atoms with Crippen molar-refractivity contribution in [2.24, 2.45) is 5.73 Å². The van der Waals surface area contributed by atoms with Crippen molar-refractivity contribution in [2.75, 3.05) is 0 Å². The van der Waals surface area contributed by atoms with Crippen LogP contribution in [0.25, 0.3) is 0 Å². The fraction of sp³-hybridized carbons (Fsp3) is 0.455. The second-order valence-corrected chi connectivity index (χ2v) is 4.03. The van der Waals surface area contributed by atoms with E-state index in [1.54, 1.807) is 6.07 Å². The van der Waals surface area contributed by atoms with Gasteiger partial charge in [0.05, 0.1) is 0 Å². The van der Waals surface area contributed by atoms with Crippen LogP contribution in [0.2, 0.25) is 0 Å². The number of nitrogens with one attached hydrogen (secondary N) is 2. The third kappa shape index (κ3) is 3.86. The van der Waals surface area contributed by atoms with E-state index in [0.717, 1.165) is 0 Å². The first kappa shape index (κ1) is 12.4. The van der Waals surface area contributed by atoms with Crippen molar-refractivity contribution >= 4 is 5.91 Å². The number of hydrogen-bond acceptors (Lipinski definition) is 3. The number of aromatic amines is 1. The summed E-state index contributed by atoms with van der Waals surface area (Å²) in [5.74, 6) is -0.251. The van der Waals surface area contributed by atoms with Crippen molar-refractivity contribution in [3.63, 3.8) is 0 Å². The Morgan fingerprint density at radius 1 is 1.56 bits per heavy atom. The lowest BCUT2D eigenvalue weighted by Gasteiger charge is -2.15. The maximum Gasteiger partial charge on any atom is 0.251 e. The molecule has 16 heavy (non-hydrogen) atoms. The molecule has 2 unspecified atom stereocenters. The number of carbonyl (C=O) groups is 1. The molecule has 1 amide bonds. The molecule has 0 bridgehead atoms. The average Bonchev–Trinajstić information content (AvgIpc) is 2.16. The van der Waals surface area contributed by atoms with E-state index in [2.05, 4.69) is 10.3 Å². The summed E-state index contributed by atoms with van der Waals surface area (Å²) in [6.07, 6.45) is 2.16. The molecular weight excluding hydrogens is 206 g/mol. The number of aromatic nitrogens is 1. The number of hydrogen-bond donors (Lipinski definition) is 3. The molecule has 4 N–H and O–H groups in total. The van der Waals surface area contributed by atoms with Crippen LogP contribution in [0.3, 0.4) is 0 Å². The van der Waals surface area contributed by atoms with E-state index in [4.69, 9.17) is 5.73 Å². The summed E-state index contributed by atoms with van der Waals surface area (Å²) in [5.41, 5.74) is 5.70. The lowest BCUT2D eigenvalue weighted by Crippen LogP contribution is -2.36. The summed E-state index contributed by atoms with van der Waals surface area (Å²) in [7, 11) is 0. The van der Waals surface area contributed by atoms with Gasteiger partial charge in [-0.25, -0.2) is 0 Å². The van der Waals surface area contributed by atoms with Gasteiger partial charge in [-0.3, -0.25) is 9.59 Å². The van der Waals surface area contributed by atoms with Gasteiger partial charge in [-0.05, 0) is 26.3 Å². The van der Waals surface area contributed by atoms with Gasteiger partial charge in [-0.1, -0.05) is 0 Å². The van der Waals surface area contributed by atoms with Crippen LogP contribution >= 0.6 is 0 Å². The minimum absolute atomic E-state index is 0.00760. The number of H-pyrrole nitrogens is 1. The molecule has 0 fully saturated rings. The minimum atomic E-state index is -0.285. The third-order valence-electron chi connectivity index (χ3n) is 2.14. The lowest BCUT2D eigenvalue weighted by molar-refractivity contribution is 0.0937. The van der Waals surface area contributed by atoms with Crippen molar-refractivity contribution in [3.05, 3.63) is 34.2 Å². The molecule has 1 aromatic rings. The van der Waals surface area contributed by atoms with Crippen molar-refractivity contribution in [1.82, 2.24) is 10.3 Å². The molecule has 0 radical (unpaired) electrons. The zero-order valence-electron chi connectivity index (χ0n) is 9.49. The highest BCUT2D eigenvalue weighted by atomic mass is 16.2. The maximum absolute atomic E-state index is 11.7. The first-order chi connectivity index (χ1) is 7.49. The summed E-state index contributed by atoms with van der Waals surface area (Å²) in [6, 6.07) is 2.87. The fourth-order valence-electron chi connectivity index (χ4n) is 1.51. The molecule has 5 nitrogen and oxygen atoms in total. The molecule has 0 aromatic carbocycles. The maximum atomic E-state index is 11.7. The van der Waals surface area contributed by atoms with Crippen LogP contribution in [0.4, 0.5) is 0 Å². The molecule has 5 heteroatoms. The summed E-state index contributed by atoms with van der Waals surface area (Å²) in [5, 5.41) is 2.78. The van der Waals surface area contributed by atoms with Crippen molar-refractivity contribution < 1.29 is 4.79 Å². The Labute approximate surface area is 94.1 Å².